The van der Waals surface area contributed by atoms with Crippen LogP contribution in [0.25, 0.3) is 10.2 Å². The molecule has 1 heterocycles. The van der Waals surface area contributed by atoms with Crippen LogP contribution in [-0.4, -0.2) is 23.6 Å². The molecule has 0 bridgehead atoms. The van der Waals surface area contributed by atoms with Crippen molar-refractivity contribution in [1.29, 1.82) is 0 Å². The summed E-state index contributed by atoms with van der Waals surface area (Å²) in [5, 5.41) is 1.08. The number of thioether (sulfide) groups is 1. The number of hydrogen-bond donors (Lipinski definition) is 0. The van der Waals surface area contributed by atoms with Gasteiger partial charge in [0.05, 0.1) is 28.1 Å². The first-order valence-electron chi connectivity index (χ1n) is 6.62. The predicted octanol–water partition coefficient (Wildman–Crippen LogP) is 5.59. The number of ether oxygens (including phenoxy) is 1. The fraction of sp³-hybridized carbons (Fsp3) is 0.125. The Hall–Kier alpha value is -1.27. The van der Waals surface area contributed by atoms with E-state index in [0.717, 1.165) is 14.6 Å². The fourth-order valence-corrected chi connectivity index (χ4v) is 4.36. The molecule has 0 amide bonds. The van der Waals surface area contributed by atoms with Crippen molar-refractivity contribution in [1.82, 2.24) is 4.98 Å². The van der Waals surface area contributed by atoms with Crippen molar-refractivity contribution < 1.29 is 9.53 Å². The molecule has 2 aromatic carbocycles. The molecular formula is C16H11Cl2NO2S2. The molecule has 118 valence electrons. The lowest BCUT2D eigenvalue weighted by molar-refractivity contribution is 0.102. The average Bonchev–Trinajstić information content (AvgIpc) is 2.94. The summed E-state index contributed by atoms with van der Waals surface area (Å²) in [4.78, 5) is 16.8. The van der Waals surface area contributed by atoms with Crippen molar-refractivity contribution in [2.75, 3.05) is 12.9 Å². The van der Waals surface area contributed by atoms with Crippen LogP contribution < -0.4 is 4.74 Å². The fourth-order valence-electron chi connectivity index (χ4n) is 1.99. The van der Waals surface area contributed by atoms with E-state index in [0.29, 0.717) is 27.1 Å². The van der Waals surface area contributed by atoms with Crippen LogP contribution in [0.15, 0.2) is 40.7 Å². The van der Waals surface area contributed by atoms with Crippen molar-refractivity contribution >= 4 is 62.3 Å². The largest absolute Gasteiger partial charge is 0.495 e. The quantitative estimate of drug-likeness (QED) is 0.425. The number of hydrogen-bond acceptors (Lipinski definition) is 5. The maximum absolute atomic E-state index is 12.3. The zero-order valence-electron chi connectivity index (χ0n) is 12.0. The molecule has 0 radical (unpaired) electrons. The molecular weight excluding hydrogens is 373 g/mol. The topological polar surface area (TPSA) is 39.2 Å². The van der Waals surface area contributed by atoms with Gasteiger partial charge in [-0.3, -0.25) is 4.79 Å². The van der Waals surface area contributed by atoms with Crippen molar-refractivity contribution in [3.63, 3.8) is 0 Å². The van der Waals surface area contributed by atoms with Gasteiger partial charge in [-0.15, -0.1) is 11.3 Å². The molecule has 0 unspecified atom stereocenters. The van der Waals surface area contributed by atoms with Crippen molar-refractivity contribution in [2.45, 2.75) is 4.34 Å². The lowest BCUT2D eigenvalue weighted by atomic mass is 10.1. The van der Waals surface area contributed by atoms with Crippen molar-refractivity contribution in [2.24, 2.45) is 0 Å². The van der Waals surface area contributed by atoms with E-state index in [2.05, 4.69) is 4.98 Å². The lowest BCUT2D eigenvalue weighted by Crippen LogP contribution is -2.02. The van der Waals surface area contributed by atoms with Gasteiger partial charge in [0.25, 0.3) is 0 Å². The third-order valence-corrected chi connectivity index (χ3v) is 5.84. The summed E-state index contributed by atoms with van der Waals surface area (Å²) in [7, 11) is 1.54. The lowest BCUT2D eigenvalue weighted by Gasteiger charge is -2.05. The molecule has 0 aliphatic rings. The number of aromatic nitrogens is 1. The summed E-state index contributed by atoms with van der Waals surface area (Å²) in [6.07, 6.45) is 0. The number of carbonyl (C=O) groups excluding carboxylic acids is 1. The molecule has 0 saturated carbocycles. The molecule has 0 atom stereocenters. The van der Waals surface area contributed by atoms with Crippen LogP contribution in [0.4, 0.5) is 0 Å². The Morgan fingerprint density at radius 3 is 2.83 bits per heavy atom. The molecule has 3 rings (SSSR count). The van der Waals surface area contributed by atoms with Crippen LogP contribution in [0.3, 0.4) is 0 Å². The number of halogens is 2. The number of Topliss-reactive ketones (excluding diaryl/α,β-unsaturated/α-hetero) is 1. The van der Waals surface area contributed by atoms with E-state index in [9.17, 15) is 4.79 Å². The highest BCUT2D eigenvalue weighted by atomic mass is 35.5. The minimum atomic E-state index is -0.00292. The number of rotatable bonds is 5. The summed E-state index contributed by atoms with van der Waals surface area (Å²) in [5.41, 5.74) is 1.41. The van der Waals surface area contributed by atoms with Gasteiger partial charge in [0.1, 0.15) is 5.75 Å². The highest BCUT2D eigenvalue weighted by Gasteiger charge is 2.12. The van der Waals surface area contributed by atoms with Gasteiger partial charge in [0, 0.05) is 10.6 Å². The first kappa shape index (κ1) is 16.6. The van der Waals surface area contributed by atoms with Crippen LogP contribution in [0.5, 0.6) is 5.75 Å². The van der Waals surface area contributed by atoms with E-state index in [1.54, 1.807) is 29.5 Å². The Kier molecular flexibility index (Phi) is 5.11. The van der Waals surface area contributed by atoms with E-state index >= 15 is 0 Å². The second-order valence-electron chi connectivity index (χ2n) is 4.65. The number of ketones is 1. The monoisotopic (exact) mass is 383 g/mol. The van der Waals surface area contributed by atoms with Crippen LogP contribution in [0.1, 0.15) is 10.4 Å². The van der Waals surface area contributed by atoms with Crippen LogP contribution in [0.2, 0.25) is 10.0 Å². The summed E-state index contributed by atoms with van der Waals surface area (Å²) >= 11 is 15.0. The van der Waals surface area contributed by atoms with Gasteiger partial charge in [0.15, 0.2) is 10.1 Å². The zero-order valence-corrected chi connectivity index (χ0v) is 15.2. The van der Waals surface area contributed by atoms with Gasteiger partial charge < -0.3 is 4.74 Å². The molecule has 0 spiro atoms. The number of methoxy groups -OCH3 is 1. The molecule has 0 saturated heterocycles. The van der Waals surface area contributed by atoms with Gasteiger partial charge in [-0.25, -0.2) is 4.98 Å². The average molecular weight is 384 g/mol. The number of carbonyl (C=O) groups is 1. The second kappa shape index (κ2) is 7.09. The number of thiazole rings is 1. The third-order valence-electron chi connectivity index (χ3n) is 3.13. The van der Waals surface area contributed by atoms with E-state index in [-0.39, 0.29) is 5.78 Å². The Morgan fingerprint density at radius 2 is 2.09 bits per heavy atom. The second-order valence-corrected chi connectivity index (χ2v) is 7.75. The standard InChI is InChI=1S/C16H11Cl2NO2S2/c1-21-14-4-2-9(6-11(14)18)13(20)8-22-16-19-12-7-10(17)3-5-15(12)23-16/h2-7H,8H2,1H3. The molecule has 0 fully saturated rings. The Morgan fingerprint density at radius 1 is 1.26 bits per heavy atom. The molecule has 0 aliphatic carbocycles. The number of benzene rings is 2. The first-order chi connectivity index (χ1) is 11.1. The van der Waals surface area contributed by atoms with Crippen LogP contribution in [0, 0.1) is 0 Å². The maximum Gasteiger partial charge on any atom is 0.173 e. The van der Waals surface area contributed by atoms with E-state index in [4.69, 9.17) is 27.9 Å². The molecule has 23 heavy (non-hydrogen) atoms. The van der Waals surface area contributed by atoms with E-state index in [1.807, 2.05) is 18.2 Å². The third kappa shape index (κ3) is 3.80. The Labute approximate surface area is 151 Å². The molecule has 7 heteroatoms. The maximum atomic E-state index is 12.3. The van der Waals surface area contributed by atoms with Gasteiger partial charge in [-0.05, 0) is 36.4 Å². The highest BCUT2D eigenvalue weighted by Crippen LogP contribution is 2.32. The van der Waals surface area contributed by atoms with Gasteiger partial charge in [-0.1, -0.05) is 35.0 Å². The van der Waals surface area contributed by atoms with Gasteiger partial charge in [-0.2, -0.15) is 0 Å². The normalized spacial score (nSPS) is 10.9. The minimum Gasteiger partial charge on any atom is -0.495 e. The summed E-state index contributed by atoms with van der Waals surface area (Å²) in [5.74, 6) is 0.853. The molecule has 0 N–H and O–H groups in total. The van der Waals surface area contributed by atoms with Crippen molar-refractivity contribution in [3.8, 4) is 5.75 Å². The van der Waals surface area contributed by atoms with Crippen LogP contribution >= 0.6 is 46.3 Å². The highest BCUT2D eigenvalue weighted by molar-refractivity contribution is 8.01. The summed E-state index contributed by atoms with van der Waals surface area (Å²) in [6, 6.07) is 10.6. The summed E-state index contributed by atoms with van der Waals surface area (Å²) < 4.78 is 6.98. The number of nitrogens with zero attached hydrogens (tertiary/aromatic N) is 1. The first-order valence-corrected chi connectivity index (χ1v) is 9.18. The zero-order chi connectivity index (χ0) is 16.4. The van der Waals surface area contributed by atoms with Crippen LogP contribution in [-0.2, 0) is 0 Å². The van der Waals surface area contributed by atoms with E-state index in [1.165, 1.54) is 18.9 Å². The van der Waals surface area contributed by atoms with Gasteiger partial charge >= 0.3 is 0 Å². The molecule has 3 nitrogen and oxygen atoms in total. The number of fused-ring (bicyclic) bond motifs is 1. The predicted molar refractivity (Wildman–Crippen MR) is 97.7 cm³/mol. The van der Waals surface area contributed by atoms with Crippen molar-refractivity contribution in [3.05, 3.63) is 52.0 Å². The molecule has 1 aromatic heterocycles. The Bertz CT molecular complexity index is 880. The minimum absolute atomic E-state index is 0.00292. The van der Waals surface area contributed by atoms with E-state index < -0.39 is 0 Å². The van der Waals surface area contributed by atoms with Gasteiger partial charge in [0.2, 0.25) is 0 Å². The smallest absolute Gasteiger partial charge is 0.173 e. The summed E-state index contributed by atoms with van der Waals surface area (Å²) in [6.45, 7) is 0. The molecule has 3 aromatic rings. The molecule has 0 aliphatic heterocycles. The SMILES string of the molecule is COc1ccc(C(=O)CSc2nc3cc(Cl)ccc3s2)cc1Cl. The Balaban J connectivity index is 1.71.